The Kier molecular flexibility index (Phi) is 3.61. The van der Waals surface area contributed by atoms with Gasteiger partial charge in [0.2, 0.25) is 11.7 Å². The molecule has 0 aromatic carbocycles. The summed E-state index contributed by atoms with van der Waals surface area (Å²) in [5, 5.41) is 4.04. The molecule has 2 heterocycles. The zero-order valence-corrected chi connectivity index (χ0v) is 12.0. The Labute approximate surface area is 119 Å². The van der Waals surface area contributed by atoms with Crippen LogP contribution in [0.4, 0.5) is 0 Å². The monoisotopic (exact) mass is 322 g/mol. The van der Waals surface area contributed by atoms with E-state index in [9.17, 15) is 0 Å². The zero-order valence-electron chi connectivity index (χ0n) is 10.4. The molecule has 1 fully saturated rings. The normalized spacial score (nSPS) is 23.5. The highest BCUT2D eigenvalue weighted by Crippen LogP contribution is 2.32. The van der Waals surface area contributed by atoms with E-state index in [0.29, 0.717) is 17.6 Å². The Bertz CT molecular complexity index is 571. The fourth-order valence-electron chi connectivity index (χ4n) is 2.50. The van der Waals surface area contributed by atoms with Crippen LogP contribution in [-0.4, -0.2) is 21.2 Å². The lowest BCUT2D eigenvalue weighted by Gasteiger charge is -2.23. The van der Waals surface area contributed by atoms with Crippen molar-refractivity contribution in [2.75, 3.05) is 0 Å². The van der Waals surface area contributed by atoms with E-state index in [0.717, 1.165) is 35.7 Å². The van der Waals surface area contributed by atoms with Crippen LogP contribution >= 0.6 is 15.9 Å². The third-order valence-electron chi connectivity index (χ3n) is 3.47. The Morgan fingerprint density at radius 3 is 3.00 bits per heavy atom. The molecular weight excluding hydrogens is 308 g/mol. The molecule has 2 aromatic rings. The predicted octanol–water partition coefficient (Wildman–Crippen LogP) is 2.88. The van der Waals surface area contributed by atoms with Crippen LogP contribution in [0.25, 0.3) is 11.4 Å². The third-order valence-corrected chi connectivity index (χ3v) is 3.90. The van der Waals surface area contributed by atoms with Crippen molar-refractivity contribution in [1.29, 1.82) is 0 Å². The van der Waals surface area contributed by atoms with Gasteiger partial charge in [0.05, 0.1) is 0 Å². The van der Waals surface area contributed by atoms with Gasteiger partial charge in [-0.1, -0.05) is 11.6 Å². The van der Waals surface area contributed by atoms with Gasteiger partial charge in [-0.15, -0.1) is 0 Å². The number of hydrogen-bond donors (Lipinski definition) is 1. The summed E-state index contributed by atoms with van der Waals surface area (Å²) < 4.78 is 6.29. The topological polar surface area (TPSA) is 77.8 Å². The van der Waals surface area contributed by atoms with Gasteiger partial charge >= 0.3 is 0 Å². The zero-order chi connectivity index (χ0) is 13.2. The molecule has 5 nitrogen and oxygen atoms in total. The quantitative estimate of drug-likeness (QED) is 0.919. The molecule has 2 N–H and O–H groups in total. The highest BCUT2D eigenvalue weighted by Gasteiger charge is 2.25. The van der Waals surface area contributed by atoms with E-state index in [1.165, 1.54) is 0 Å². The van der Waals surface area contributed by atoms with Gasteiger partial charge in [-0.05, 0) is 41.3 Å². The number of halogens is 1. The van der Waals surface area contributed by atoms with E-state index in [4.69, 9.17) is 10.3 Å². The minimum absolute atomic E-state index is 0.252. The number of rotatable bonds is 2. The summed E-state index contributed by atoms with van der Waals surface area (Å²) >= 11 is 3.39. The average molecular weight is 323 g/mol. The van der Waals surface area contributed by atoms with Crippen LogP contribution in [-0.2, 0) is 0 Å². The van der Waals surface area contributed by atoms with Crippen LogP contribution in [0.5, 0.6) is 0 Å². The number of nitrogens with zero attached hydrogens (tertiary/aromatic N) is 3. The van der Waals surface area contributed by atoms with Crippen LogP contribution in [0.1, 0.15) is 37.5 Å². The summed E-state index contributed by atoms with van der Waals surface area (Å²) in [6.07, 6.45) is 7.68. The van der Waals surface area contributed by atoms with Gasteiger partial charge in [0.25, 0.3) is 0 Å². The summed E-state index contributed by atoms with van der Waals surface area (Å²) in [6.45, 7) is 0. The summed E-state index contributed by atoms with van der Waals surface area (Å²) in [7, 11) is 0. The Hall–Kier alpha value is -1.27. The van der Waals surface area contributed by atoms with Crippen LogP contribution in [0, 0.1) is 0 Å². The van der Waals surface area contributed by atoms with E-state index < -0.39 is 0 Å². The fraction of sp³-hybridized carbons (Fsp3) is 0.462. The molecule has 0 spiro atoms. The van der Waals surface area contributed by atoms with Crippen molar-refractivity contribution in [3.63, 3.8) is 0 Å². The second-order valence-electron chi connectivity index (χ2n) is 4.97. The van der Waals surface area contributed by atoms with Crippen molar-refractivity contribution < 1.29 is 4.52 Å². The summed E-state index contributed by atoms with van der Waals surface area (Å²) in [6, 6.07) is 2.18. The first-order valence-corrected chi connectivity index (χ1v) is 7.22. The van der Waals surface area contributed by atoms with Crippen molar-refractivity contribution in [1.82, 2.24) is 15.1 Å². The number of pyridine rings is 1. The maximum absolute atomic E-state index is 5.99. The van der Waals surface area contributed by atoms with Crippen LogP contribution in [0.15, 0.2) is 27.5 Å². The first-order valence-electron chi connectivity index (χ1n) is 6.42. The molecule has 0 radical (unpaired) electrons. The molecule has 0 aliphatic heterocycles. The average Bonchev–Trinajstić information content (AvgIpc) is 2.88. The van der Waals surface area contributed by atoms with Gasteiger partial charge in [-0.3, -0.25) is 4.98 Å². The molecule has 0 saturated heterocycles. The Morgan fingerprint density at radius 1 is 1.32 bits per heavy atom. The second-order valence-corrected chi connectivity index (χ2v) is 5.89. The smallest absolute Gasteiger partial charge is 0.230 e. The van der Waals surface area contributed by atoms with Crippen molar-refractivity contribution >= 4 is 15.9 Å². The molecule has 1 saturated carbocycles. The maximum Gasteiger partial charge on any atom is 0.230 e. The number of aromatic nitrogens is 3. The van der Waals surface area contributed by atoms with Gasteiger partial charge in [0.1, 0.15) is 0 Å². The molecule has 2 unspecified atom stereocenters. The van der Waals surface area contributed by atoms with E-state index in [-0.39, 0.29) is 6.04 Å². The van der Waals surface area contributed by atoms with Crippen molar-refractivity contribution in [2.45, 2.75) is 37.6 Å². The van der Waals surface area contributed by atoms with Crippen molar-refractivity contribution in [3.8, 4) is 11.4 Å². The van der Waals surface area contributed by atoms with Gasteiger partial charge in [0.15, 0.2) is 0 Å². The molecule has 6 heteroatoms. The standard InChI is InChI=1S/C13H15BrN4O/c14-10-4-9(6-16-7-10)12-17-13(19-18-12)8-2-1-3-11(15)5-8/h4,6-8,11H,1-3,5,15H2. The van der Waals surface area contributed by atoms with E-state index in [1.54, 1.807) is 12.4 Å². The number of nitrogens with two attached hydrogens (primary N) is 1. The molecule has 0 amide bonds. The first-order chi connectivity index (χ1) is 9.22. The highest BCUT2D eigenvalue weighted by atomic mass is 79.9. The Balaban J connectivity index is 1.83. The SMILES string of the molecule is NC1CCCC(c2nc(-c3cncc(Br)c3)no2)C1. The minimum Gasteiger partial charge on any atom is -0.339 e. The molecule has 1 aliphatic carbocycles. The second kappa shape index (κ2) is 5.38. The lowest BCUT2D eigenvalue weighted by atomic mass is 9.86. The summed E-state index contributed by atoms with van der Waals surface area (Å²) in [5.41, 5.74) is 6.85. The molecule has 1 aliphatic rings. The van der Waals surface area contributed by atoms with Crippen molar-refractivity contribution in [3.05, 3.63) is 28.8 Å². The maximum atomic E-state index is 5.99. The number of hydrogen-bond acceptors (Lipinski definition) is 5. The first kappa shape index (κ1) is 12.7. The van der Waals surface area contributed by atoms with E-state index >= 15 is 0 Å². The van der Waals surface area contributed by atoms with E-state index in [2.05, 4.69) is 31.1 Å². The van der Waals surface area contributed by atoms with E-state index in [1.807, 2.05) is 6.07 Å². The lowest BCUT2D eigenvalue weighted by Crippen LogP contribution is -2.26. The Morgan fingerprint density at radius 2 is 2.21 bits per heavy atom. The third kappa shape index (κ3) is 2.84. The highest BCUT2D eigenvalue weighted by molar-refractivity contribution is 9.10. The minimum atomic E-state index is 0.252. The summed E-state index contributed by atoms with van der Waals surface area (Å²) in [5.74, 6) is 1.58. The largest absolute Gasteiger partial charge is 0.339 e. The van der Waals surface area contributed by atoms with Gasteiger partial charge in [-0.25, -0.2) is 0 Å². The molecule has 2 atom stereocenters. The van der Waals surface area contributed by atoms with Crippen LogP contribution < -0.4 is 5.73 Å². The lowest BCUT2D eigenvalue weighted by molar-refractivity contribution is 0.299. The predicted molar refractivity (Wildman–Crippen MR) is 74.4 cm³/mol. The van der Waals surface area contributed by atoms with Gasteiger partial charge in [0, 0.05) is 34.4 Å². The van der Waals surface area contributed by atoms with Crippen LogP contribution in [0.2, 0.25) is 0 Å². The molecule has 19 heavy (non-hydrogen) atoms. The summed E-state index contributed by atoms with van der Waals surface area (Å²) in [4.78, 5) is 8.59. The van der Waals surface area contributed by atoms with Gasteiger partial charge in [-0.2, -0.15) is 4.98 Å². The fourth-order valence-corrected chi connectivity index (χ4v) is 2.87. The van der Waals surface area contributed by atoms with Crippen LogP contribution in [0.3, 0.4) is 0 Å². The molecule has 3 rings (SSSR count). The molecular formula is C13H15BrN4O. The van der Waals surface area contributed by atoms with Crippen molar-refractivity contribution in [2.24, 2.45) is 5.73 Å². The van der Waals surface area contributed by atoms with Gasteiger partial charge < -0.3 is 10.3 Å². The molecule has 0 bridgehead atoms. The molecule has 2 aromatic heterocycles. The molecule has 100 valence electrons.